The number of ether oxygens (including phenoxy) is 2. The van der Waals surface area contributed by atoms with Crippen molar-refractivity contribution in [3.63, 3.8) is 0 Å². The first kappa shape index (κ1) is 33.7. The van der Waals surface area contributed by atoms with Crippen LogP contribution in [0.15, 0.2) is 66.7 Å². The third kappa shape index (κ3) is 9.67. The van der Waals surface area contributed by atoms with Crippen molar-refractivity contribution in [2.24, 2.45) is 5.73 Å². The first-order valence-corrected chi connectivity index (χ1v) is 14.1. The van der Waals surface area contributed by atoms with Crippen molar-refractivity contribution in [2.45, 2.75) is 43.1 Å². The van der Waals surface area contributed by atoms with Crippen LogP contribution < -0.4 is 21.7 Å². The highest BCUT2D eigenvalue weighted by Crippen LogP contribution is 2.30. The fourth-order valence-electron chi connectivity index (χ4n) is 4.94. The summed E-state index contributed by atoms with van der Waals surface area (Å²) < 4.78 is 89.9. The summed E-state index contributed by atoms with van der Waals surface area (Å²) in [4.78, 5) is 24.8. The Morgan fingerprint density at radius 3 is 2.40 bits per heavy atom. The van der Waals surface area contributed by atoms with Gasteiger partial charge >= 0.3 is 12.3 Å². The molecule has 3 aromatic carbocycles. The molecule has 14 heteroatoms. The van der Waals surface area contributed by atoms with Crippen LogP contribution in [0.5, 0.6) is 0 Å². The van der Waals surface area contributed by atoms with Gasteiger partial charge in [0.2, 0.25) is 5.91 Å². The van der Waals surface area contributed by atoms with Crippen molar-refractivity contribution >= 4 is 17.7 Å². The lowest BCUT2D eigenvalue weighted by Crippen LogP contribution is -2.49. The van der Waals surface area contributed by atoms with E-state index < -0.39 is 60.2 Å². The molecule has 4 atom stereocenters. The van der Waals surface area contributed by atoms with Crippen LogP contribution in [0.1, 0.15) is 29.0 Å². The smallest absolute Gasteiger partial charge is 0.407 e. The molecule has 0 aliphatic carbocycles. The average molecular weight is 639 g/mol. The zero-order valence-electron chi connectivity index (χ0n) is 23.9. The second-order valence-corrected chi connectivity index (χ2v) is 10.5. The predicted molar refractivity (Wildman–Crippen MR) is 153 cm³/mol. The molecule has 0 bridgehead atoms. The Morgan fingerprint density at radius 1 is 0.978 bits per heavy atom. The molecule has 0 saturated carbocycles. The Hall–Kier alpha value is -4.14. The van der Waals surface area contributed by atoms with Gasteiger partial charge in [0.15, 0.2) is 11.6 Å². The van der Waals surface area contributed by atoms with Gasteiger partial charge in [0, 0.05) is 23.7 Å². The van der Waals surface area contributed by atoms with Crippen LogP contribution >= 0.6 is 0 Å². The van der Waals surface area contributed by atoms with Crippen molar-refractivity contribution in [2.75, 3.05) is 31.6 Å². The first-order valence-electron chi connectivity index (χ1n) is 14.1. The molecule has 1 fully saturated rings. The summed E-state index contributed by atoms with van der Waals surface area (Å²) in [7, 11) is 0. The molecule has 3 aromatic rings. The van der Waals surface area contributed by atoms with Gasteiger partial charge in [-0.15, -0.1) is 0 Å². The molecule has 1 saturated heterocycles. The van der Waals surface area contributed by atoms with E-state index in [1.807, 2.05) is 0 Å². The summed E-state index contributed by atoms with van der Waals surface area (Å²) >= 11 is 0. The normalized spacial score (nSPS) is 18.1. The SMILES string of the molecule is N[C@H](C(=O)Nc1cccc(F)c1CC[C@@H]1CN[C@H](COC(=O)NCC(F)(F)F)CO1)[C@H](c1ccccc1)c1ccc(F)c(F)c1. The van der Waals surface area contributed by atoms with Gasteiger partial charge in [-0.3, -0.25) is 4.79 Å². The summed E-state index contributed by atoms with van der Waals surface area (Å²) in [6.45, 7) is -1.33. The Balaban J connectivity index is 1.36. The van der Waals surface area contributed by atoms with Gasteiger partial charge in [0.05, 0.1) is 24.8 Å². The van der Waals surface area contributed by atoms with E-state index in [0.717, 1.165) is 12.1 Å². The lowest BCUT2D eigenvalue weighted by atomic mass is 9.85. The van der Waals surface area contributed by atoms with Crippen molar-refractivity contribution < 1.29 is 45.4 Å². The number of halogens is 6. The van der Waals surface area contributed by atoms with Gasteiger partial charge in [-0.05, 0) is 48.2 Å². The Labute approximate surface area is 255 Å². The molecule has 0 aromatic heterocycles. The van der Waals surface area contributed by atoms with E-state index in [-0.39, 0.29) is 42.6 Å². The topological polar surface area (TPSA) is 115 Å². The van der Waals surface area contributed by atoms with Crippen LogP contribution in [0, 0.1) is 17.5 Å². The largest absolute Gasteiger partial charge is 0.448 e. The predicted octanol–water partition coefficient (Wildman–Crippen LogP) is 4.78. The number of alkyl carbamates (subject to hydrolysis) is 1. The molecule has 1 aliphatic heterocycles. The number of amides is 2. The molecule has 0 unspecified atom stereocenters. The van der Waals surface area contributed by atoms with Crippen molar-refractivity contribution in [3.05, 3.63) is 101 Å². The number of nitrogens with two attached hydrogens (primary N) is 1. The van der Waals surface area contributed by atoms with Gasteiger partial charge in [0.1, 0.15) is 19.0 Å². The van der Waals surface area contributed by atoms with Crippen molar-refractivity contribution in [1.29, 1.82) is 0 Å². The number of carbonyl (C=O) groups excluding carboxylic acids is 2. The van der Waals surface area contributed by atoms with Crippen LogP contribution in [0.4, 0.5) is 36.8 Å². The van der Waals surface area contributed by atoms with Crippen LogP contribution in [0.2, 0.25) is 0 Å². The second kappa shape index (κ2) is 15.2. The van der Waals surface area contributed by atoms with E-state index >= 15 is 0 Å². The third-order valence-corrected chi connectivity index (χ3v) is 7.23. The molecule has 242 valence electrons. The number of carbonyl (C=O) groups is 2. The highest BCUT2D eigenvalue weighted by Gasteiger charge is 2.30. The molecular weight excluding hydrogens is 606 g/mol. The lowest BCUT2D eigenvalue weighted by Gasteiger charge is -2.30. The number of nitrogens with one attached hydrogen (secondary N) is 3. The van der Waals surface area contributed by atoms with Crippen molar-refractivity contribution in [3.8, 4) is 0 Å². The molecular formula is C31H32F6N4O4. The fourth-order valence-corrected chi connectivity index (χ4v) is 4.94. The minimum absolute atomic E-state index is 0.0950. The Kier molecular flexibility index (Phi) is 11.4. The van der Waals surface area contributed by atoms with Gasteiger partial charge in [-0.1, -0.05) is 42.5 Å². The highest BCUT2D eigenvalue weighted by molar-refractivity contribution is 5.96. The standard InChI is InChI=1S/C31H32F6N4O4/c32-23-7-4-8-26(22(23)11-10-21-14-39-20(15-44-21)16-45-30(43)40-17-31(35,36)37)41-29(42)28(38)27(18-5-2-1-3-6-18)19-9-12-24(33)25(34)13-19/h1-9,12-13,20-21,27-28,39H,10-11,14-17,38H2,(H,40,43)(H,41,42)/t20-,21+,27+,28-/m0/s1. The third-order valence-electron chi connectivity index (χ3n) is 7.23. The van der Waals surface area contributed by atoms with Crippen molar-refractivity contribution in [1.82, 2.24) is 10.6 Å². The summed E-state index contributed by atoms with van der Waals surface area (Å²) in [5.41, 5.74) is 7.67. The molecule has 5 N–H and O–H groups in total. The molecule has 0 spiro atoms. The molecule has 4 rings (SSSR count). The Morgan fingerprint density at radius 2 is 1.73 bits per heavy atom. The molecule has 45 heavy (non-hydrogen) atoms. The molecule has 8 nitrogen and oxygen atoms in total. The van der Waals surface area contributed by atoms with Crippen LogP contribution in [-0.4, -0.2) is 62.7 Å². The summed E-state index contributed by atoms with van der Waals surface area (Å²) in [6, 6.07) is 14.4. The monoisotopic (exact) mass is 638 g/mol. The number of anilines is 1. The minimum Gasteiger partial charge on any atom is -0.448 e. The van der Waals surface area contributed by atoms with Crippen LogP contribution in [-0.2, 0) is 20.7 Å². The minimum atomic E-state index is -4.55. The maximum Gasteiger partial charge on any atom is 0.407 e. The summed E-state index contributed by atoms with van der Waals surface area (Å²) in [5.74, 6) is -4.20. The van der Waals surface area contributed by atoms with Gasteiger partial charge in [-0.25, -0.2) is 18.0 Å². The molecule has 1 aliphatic rings. The Bertz CT molecular complexity index is 1450. The van der Waals surface area contributed by atoms with Gasteiger partial charge in [0.25, 0.3) is 0 Å². The molecule has 2 amide bonds. The van der Waals surface area contributed by atoms with E-state index in [9.17, 15) is 35.9 Å². The number of hydrogen-bond acceptors (Lipinski definition) is 6. The average Bonchev–Trinajstić information content (AvgIpc) is 3.01. The van der Waals surface area contributed by atoms with E-state index in [1.54, 1.807) is 35.6 Å². The molecule has 0 radical (unpaired) electrons. The maximum atomic E-state index is 15.0. The van der Waals surface area contributed by atoms with Gasteiger partial charge < -0.3 is 31.2 Å². The number of rotatable bonds is 11. The van der Waals surface area contributed by atoms with E-state index in [4.69, 9.17) is 15.2 Å². The van der Waals surface area contributed by atoms with E-state index in [0.29, 0.717) is 18.5 Å². The molecule has 1 heterocycles. The van der Waals surface area contributed by atoms with Crippen LogP contribution in [0.25, 0.3) is 0 Å². The lowest BCUT2D eigenvalue weighted by molar-refractivity contribution is -0.124. The first-order chi connectivity index (χ1) is 21.4. The van der Waals surface area contributed by atoms with E-state index in [1.165, 1.54) is 24.3 Å². The zero-order valence-corrected chi connectivity index (χ0v) is 23.9. The summed E-state index contributed by atoms with van der Waals surface area (Å²) in [6.07, 6.45) is -5.63. The summed E-state index contributed by atoms with van der Waals surface area (Å²) in [5, 5.41) is 7.37. The van der Waals surface area contributed by atoms with E-state index in [2.05, 4.69) is 10.6 Å². The van der Waals surface area contributed by atoms with Crippen LogP contribution in [0.3, 0.4) is 0 Å². The highest BCUT2D eigenvalue weighted by atomic mass is 19.4. The second-order valence-electron chi connectivity index (χ2n) is 10.5. The number of hydrogen-bond donors (Lipinski definition) is 4. The maximum absolute atomic E-state index is 15.0. The number of morpholine rings is 1. The number of alkyl halides is 3. The van der Waals surface area contributed by atoms with Gasteiger partial charge in [-0.2, -0.15) is 13.2 Å². The quantitative estimate of drug-likeness (QED) is 0.225. The fraction of sp³-hybridized carbons (Fsp3) is 0.355. The number of benzene rings is 3. The zero-order chi connectivity index (χ0) is 32.6.